The Bertz CT molecular complexity index is 748. The number of hydrogen-bond donors (Lipinski definition) is 1. The van der Waals surface area contributed by atoms with Crippen LogP contribution in [0.2, 0.25) is 0 Å². The number of rotatable bonds is 5. The Balaban J connectivity index is 1.61. The SMILES string of the molecule is CC(C#N)(NC(=O)CSc1ccc2ccccc2c1)C1CC1. The average Bonchev–Trinajstić information content (AvgIpc) is 3.38. The topological polar surface area (TPSA) is 52.9 Å². The summed E-state index contributed by atoms with van der Waals surface area (Å²) in [5.74, 6) is 0.573. The summed E-state index contributed by atoms with van der Waals surface area (Å²) >= 11 is 1.51. The highest BCUT2D eigenvalue weighted by Crippen LogP contribution is 2.39. The van der Waals surface area contributed by atoms with Crippen LogP contribution in [-0.2, 0) is 4.79 Å². The van der Waals surface area contributed by atoms with Gasteiger partial charge in [-0.25, -0.2) is 0 Å². The van der Waals surface area contributed by atoms with Gasteiger partial charge in [0.1, 0.15) is 5.54 Å². The summed E-state index contributed by atoms with van der Waals surface area (Å²) in [4.78, 5) is 13.2. The van der Waals surface area contributed by atoms with Crippen molar-refractivity contribution < 1.29 is 4.79 Å². The van der Waals surface area contributed by atoms with E-state index in [9.17, 15) is 10.1 Å². The number of carbonyl (C=O) groups excluding carboxylic acids is 1. The molecule has 0 aliphatic heterocycles. The summed E-state index contributed by atoms with van der Waals surface area (Å²) in [5.41, 5.74) is -0.707. The maximum atomic E-state index is 12.1. The Morgan fingerprint density at radius 3 is 2.73 bits per heavy atom. The van der Waals surface area contributed by atoms with Crippen LogP contribution in [0.1, 0.15) is 19.8 Å². The molecule has 1 unspecified atom stereocenters. The maximum absolute atomic E-state index is 12.1. The van der Waals surface area contributed by atoms with Crippen molar-refractivity contribution in [1.29, 1.82) is 5.26 Å². The molecule has 4 heteroatoms. The Hall–Kier alpha value is -1.99. The molecular weight excluding hydrogens is 292 g/mol. The van der Waals surface area contributed by atoms with Gasteiger partial charge in [0.2, 0.25) is 5.91 Å². The molecule has 3 nitrogen and oxygen atoms in total. The van der Waals surface area contributed by atoms with E-state index in [0.29, 0.717) is 11.7 Å². The van der Waals surface area contributed by atoms with Crippen molar-refractivity contribution in [3.63, 3.8) is 0 Å². The van der Waals surface area contributed by atoms with Crippen molar-refractivity contribution in [2.75, 3.05) is 5.75 Å². The van der Waals surface area contributed by atoms with E-state index in [1.165, 1.54) is 22.5 Å². The first kappa shape index (κ1) is 14.9. The molecular formula is C18H18N2OS. The fourth-order valence-electron chi connectivity index (χ4n) is 2.61. The van der Waals surface area contributed by atoms with E-state index in [1.807, 2.05) is 25.1 Å². The van der Waals surface area contributed by atoms with Gasteiger partial charge in [-0.05, 0) is 48.6 Å². The molecule has 1 N–H and O–H groups in total. The van der Waals surface area contributed by atoms with Crippen LogP contribution < -0.4 is 5.32 Å². The van der Waals surface area contributed by atoms with Crippen molar-refractivity contribution >= 4 is 28.4 Å². The predicted molar refractivity (Wildman–Crippen MR) is 89.6 cm³/mol. The molecule has 3 rings (SSSR count). The lowest BCUT2D eigenvalue weighted by atomic mass is 9.98. The summed E-state index contributed by atoms with van der Waals surface area (Å²) in [6.07, 6.45) is 2.06. The lowest BCUT2D eigenvalue weighted by Crippen LogP contribution is -2.47. The normalized spacial score (nSPS) is 16.7. The number of benzene rings is 2. The summed E-state index contributed by atoms with van der Waals surface area (Å²) < 4.78 is 0. The lowest BCUT2D eigenvalue weighted by molar-refractivity contribution is -0.119. The minimum absolute atomic E-state index is 0.0749. The van der Waals surface area contributed by atoms with Crippen LogP contribution in [0, 0.1) is 17.2 Å². The standard InChI is InChI=1S/C18H18N2OS/c1-18(12-19,15-7-8-15)20-17(21)11-22-16-9-6-13-4-2-3-5-14(13)10-16/h2-6,9-10,15H,7-8,11H2,1H3,(H,20,21). The van der Waals surface area contributed by atoms with Gasteiger partial charge in [-0.2, -0.15) is 5.26 Å². The quantitative estimate of drug-likeness (QED) is 0.856. The Labute approximate surface area is 134 Å². The second kappa shape index (κ2) is 6.02. The third-order valence-electron chi connectivity index (χ3n) is 4.12. The molecule has 0 bridgehead atoms. The zero-order valence-electron chi connectivity index (χ0n) is 12.5. The summed E-state index contributed by atoms with van der Waals surface area (Å²) in [6, 6.07) is 16.6. The minimum Gasteiger partial charge on any atom is -0.337 e. The summed E-state index contributed by atoms with van der Waals surface area (Å²) in [5, 5.41) is 14.5. The van der Waals surface area contributed by atoms with Crippen molar-refractivity contribution in [2.24, 2.45) is 5.92 Å². The summed E-state index contributed by atoms with van der Waals surface area (Å²) in [7, 11) is 0. The molecule has 2 aromatic carbocycles. The van der Waals surface area contributed by atoms with Gasteiger partial charge >= 0.3 is 0 Å². The molecule has 0 aromatic heterocycles. The molecule has 2 aromatic rings. The maximum Gasteiger partial charge on any atom is 0.231 e. The van der Waals surface area contributed by atoms with Crippen LogP contribution >= 0.6 is 11.8 Å². The highest BCUT2D eigenvalue weighted by Gasteiger charge is 2.42. The Kier molecular flexibility index (Phi) is 4.08. The van der Waals surface area contributed by atoms with Gasteiger partial charge in [0.05, 0.1) is 11.8 Å². The number of nitrogens with zero attached hydrogens (tertiary/aromatic N) is 1. The molecule has 0 radical (unpaired) electrons. The third kappa shape index (κ3) is 3.26. The van der Waals surface area contributed by atoms with E-state index >= 15 is 0 Å². The molecule has 1 fully saturated rings. The molecule has 1 aliphatic carbocycles. The summed E-state index contributed by atoms with van der Waals surface area (Å²) in [6.45, 7) is 1.82. The van der Waals surface area contributed by atoms with Gasteiger partial charge in [-0.1, -0.05) is 30.3 Å². The monoisotopic (exact) mass is 310 g/mol. The minimum atomic E-state index is -0.707. The van der Waals surface area contributed by atoms with E-state index in [1.54, 1.807) is 0 Å². The number of nitriles is 1. The van der Waals surface area contributed by atoms with E-state index in [4.69, 9.17) is 0 Å². The van der Waals surface area contributed by atoms with Gasteiger partial charge in [-0.3, -0.25) is 4.79 Å². The van der Waals surface area contributed by atoms with Gasteiger partial charge in [0, 0.05) is 4.90 Å². The van der Waals surface area contributed by atoms with Crippen LogP contribution in [0.25, 0.3) is 10.8 Å². The van der Waals surface area contributed by atoms with Gasteiger partial charge in [0.25, 0.3) is 0 Å². The van der Waals surface area contributed by atoms with E-state index < -0.39 is 5.54 Å². The fourth-order valence-corrected chi connectivity index (χ4v) is 3.36. The Morgan fingerprint density at radius 2 is 2.05 bits per heavy atom. The van der Waals surface area contributed by atoms with Gasteiger partial charge in [-0.15, -0.1) is 11.8 Å². The Morgan fingerprint density at radius 1 is 1.32 bits per heavy atom. The first-order valence-electron chi connectivity index (χ1n) is 7.44. The highest BCUT2D eigenvalue weighted by molar-refractivity contribution is 8.00. The number of thioether (sulfide) groups is 1. The number of carbonyl (C=O) groups is 1. The van der Waals surface area contributed by atoms with Crippen molar-refractivity contribution in [1.82, 2.24) is 5.32 Å². The predicted octanol–water partition coefficient (Wildman–Crippen LogP) is 3.74. The first-order chi connectivity index (χ1) is 10.6. The molecule has 1 saturated carbocycles. The number of amides is 1. The number of fused-ring (bicyclic) bond motifs is 1. The average molecular weight is 310 g/mol. The molecule has 1 aliphatic rings. The number of hydrogen-bond acceptors (Lipinski definition) is 3. The van der Waals surface area contributed by atoms with Crippen LogP contribution in [-0.4, -0.2) is 17.2 Å². The second-order valence-corrected chi connectivity index (χ2v) is 6.98. The van der Waals surface area contributed by atoms with Crippen molar-refractivity contribution in [2.45, 2.75) is 30.2 Å². The van der Waals surface area contributed by atoms with Crippen molar-refractivity contribution in [3.8, 4) is 6.07 Å². The lowest BCUT2D eigenvalue weighted by Gasteiger charge is -2.22. The molecule has 0 spiro atoms. The van der Waals surface area contributed by atoms with E-state index in [0.717, 1.165) is 17.7 Å². The van der Waals surface area contributed by atoms with Gasteiger partial charge < -0.3 is 5.32 Å². The zero-order chi connectivity index (χ0) is 15.6. The van der Waals surface area contributed by atoms with E-state index in [2.05, 4.69) is 35.7 Å². The van der Waals surface area contributed by atoms with Crippen LogP contribution in [0.4, 0.5) is 0 Å². The third-order valence-corrected chi connectivity index (χ3v) is 5.11. The van der Waals surface area contributed by atoms with Crippen LogP contribution in [0.3, 0.4) is 0 Å². The molecule has 1 amide bonds. The molecule has 112 valence electrons. The van der Waals surface area contributed by atoms with Crippen LogP contribution in [0.5, 0.6) is 0 Å². The van der Waals surface area contributed by atoms with Crippen molar-refractivity contribution in [3.05, 3.63) is 42.5 Å². The molecule has 0 heterocycles. The highest BCUT2D eigenvalue weighted by atomic mass is 32.2. The fraction of sp³-hybridized carbons (Fsp3) is 0.333. The first-order valence-corrected chi connectivity index (χ1v) is 8.43. The smallest absolute Gasteiger partial charge is 0.231 e. The molecule has 1 atom stereocenters. The molecule has 22 heavy (non-hydrogen) atoms. The van der Waals surface area contributed by atoms with E-state index in [-0.39, 0.29) is 5.91 Å². The number of nitrogens with one attached hydrogen (secondary N) is 1. The second-order valence-electron chi connectivity index (χ2n) is 5.93. The van der Waals surface area contributed by atoms with Gasteiger partial charge in [0.15, 0.2) is 0 Å². The largest absolute Gasteiger partial charge is 0.337 e. The zero-order valence-corrected chi connectivity index (χ0v) is 13.3. The van der Waals surface area contributed by atoms with Crippen LogP contribution in [0.15, 0.2) is 47.4 Å². The molecule has 0 saturated heterocycles.